The van der Waals surface area contributed by atoms with Gasteiger partial charge in [-0.15, -0.1) is 0 Å². The first kappa shape index (κ1) is 13.8. The fourth-order valence-electron chi connectivity index (χ4n) is 2.08. The molecule has 3 heteroatoms. The van der Waals surface area contributed by atoms with Gasteiger partial charge in [0.2, 0.25) is 0 Å². The summed E-state index contributed by atoms with van der Waals surface area (Å²) in [6, 6.07) is 8.98. The van der Waals surface area contributed by atoms with Gasteiger partial charge in [0.15, 0.2) is 0 Å². The summed E-state index contributed by atoms with van der Waals surface area (Å²) >= 11 is 0. The molecule has 1 heterocycles. The van der Waals surface area contributed by atoms with Crippen molar-refractivity contribution in [1.29, 1.82) is 0 Å². The Morgan fingerprint density at radius 1 is 1.16 bits per heavy atom. The molecule has 0 amide bonds. The summed E-state index contributed by atoms with van der Waals surface area (Å²) in [6.07, 6.45) is 1.98. The summed E-state index contributed by atoms with van der Waals surface area (Å²) in [7, 11) is 0. The van der Waals surface area contributed by atoms with Crippen LogP contribution in [-0.2, 0) is 13.1 Å². The molecule has 1 aromatic heterocycles. The Labute approximate surface area is 115 Å². The summed E-state index contributed by atoms with van der Waals surface area (Å²) in [6.45, 7) is 10.3. The Hall–Kier alpha value is -1.61. The van der Waals surface area contributed by atoms with Gasteiger partial charge in [0.25, 0.3) is 0 Å². The molecule has 0 saturated carbocycles. The van der Waals surface area contributed by atoms with Crippen LogP contribution in [0.4, 0.5) is 0 Å². The van der Waals surface area contributed by atoms with Crippen molar-refractivity contribution in [3.63, 3.8) is 0 Å². The molecule has 2 rings (SSSR count). The third-order valence-corrected chi connectivity index (χ3v) is 3.49. The molecule has 102 valence electrons. The molecule has 1 aromatic carbocycles. The van der Waals surface area contributed by atoms with Gasteiger partial charge in [-0.25, -0.2) is 0 Å². The number of aromatic nitrogens is 2. The zero-order chi connectivity index (χ0) is 13.8. The highest BCUT2D eigenvalue weighted by Crippen LogP contribution is 2.13. The van der Waals surface area contributed by atoms with E-state index in [4.69, 9.17) is 0 Å². The Balaban J connectivity index is 2.12. The SMILES string of the molecule is Cc1ccccc1Cn1ncc(CNC(C)C)c1C. The van der Waals surface area contributed by atoms with Crippen LogP contribution in [0.3, 0.4) is 0 Å². The molecule has 0 fully saturated rings. The molecule has 19 heavy (non-hydrogen) atoms. The summed E-state index contributed by atoms with van der Waals surface area (Å²) in [5.41, 5.74) is 5.18. The van der Waals surface area contributed by atoms with E-state index < -0.39 is 0 Å². The molecule has 0 aliphatic rings. The highest BCUT2D eigenvalue weighted by molar-refractivity contribution is 5.26. The van der Waals surface area contributed by atoms with Crippen LogP contribution in [-0.4, -0.2) is 15.8 Å². The topological polar surface area (TPSA) is 29.9 Å². The molecule has 0 spiro atoms. The summed E-state index contributed by atoms with van der Waals surface area (Å²) in [5.74, 6) is 0. The van der Waals surface area contributed by atoms with Crippen LogP contribution in [0, 0.1) is 13.8 Å². The van der Waals surface area contributed by atoms with Crippen LogP contribution in [0.1, 0.15) is 36.2 Å². The Bertz CT molecular complexity index is 541. The summed E-state index contributed by atoms with van der Waals surface area (Å²) in [5, 5.41) is 7.94. The molecule has 0 bridgehead atoms. The smallest absolute Gasteiger partial charge is 0.0665 e. The van der Waals surface area contributed by atoms with Gasteiger partial charge in [-0.05, 0) is 25.0 Å². The highest BCUT2D eigenvalue weighted by Gasteiger charge is 2.08. The standard InChI is InChI=1S/C16H23N3/c1-12(2)17-9-16-10-18-19(14(16)4)11-15-8-6-5-7-13(15)3/h5-8,10,12,17H,9,11H2,1-4H3. The second-order valence-electron chi connectivity index (χ2n) is 5.37. The van der Waals surface area contributed by atoms with E-state index in [1.165, 1.54) is 22.4 Å². The molecule has 0 aliphatic carbocycles. The van der Waals surface area contributed by atoms with Gasteiger partial charge in [-0.2, -0.15) is 5.10 Å². The zero-order valence-corrected chi connectivity index (χ0v) is 12.3. The molecule has 0 saturated heterocycles. The van der Waals surface area contributed by atoms with E-state index in [1.54, 1.807) is 0 Å². The van der Waals surface area contributed by atoms with E-state index in [-0.39, 0.29) is 0 Å². The van der Waals surface area contributed by atoms with Crippen molar-refractivity contribution >= 4 is 0 Å². The van der Waals surface area contributed by atoms with E-state index in [1.807, 2.05) is 6.20 Å². The minimum Gasteiger partial charge on any atom is -0.310 e. The van der Waals surface area contributed by atoms with Crippen LogP contribution in [0.25, 0.3) is 0 Å². The number of aryl methyl sites for hydroxylation is 1. The van der Waals surface area contributed by atoms with Crippen molar-refractivity contribution in [3.8, 4) is 0 Å². The van der Waals surface area contributed by atoms with Gasteiger partial charge < -0.3 is 5.32 Å². The van der Waals surface area contributed by atoms with Crippen molar-refractivity contribution in [2.24, 2.45) is 0 Å². The molecule has 1 N–H and O–H groups in total. The summed E-state index contributed by atoms with van der Waals surface area (Å²) < 4.78 is 2.08. The first-order valence-electron chi connectivity index (χ1n) is 6.87. The minimum atomic E-state index is 0.499. The second kappa shape index (κ2) is 6.02. The predicted molar refractivity (Wildman–Crippen MR) is 79.2 cm³/mol. The maximum absolute atomic E-state index is 4.51. The third-order valence-electron chi connectivity index (χ3n) is 3.49. The van der Waals surface area contributed by atoms with Crippen molar-refractivity contribution in [2.45, 2.75) is 46.8 Å². The number of benzene rings is 1. The lowest BCUT2D eigenvalue weighted by atomic mass is 10.1. The summed E-state index contributed by atoms with van der Waals surface area (Å²) in [4.78, 5) is 0. The predicted octanol–water partition coefficient (Wildman–Crippen LogP) is 3.05. The van der Waals surface area contributed by atoms with E-state index in [0.717, 1.165) is 13.1 Å². The van der Waals surface area contributed by atoms with E-state index in [2.05, 4.69) is 67.1 Å². The average Bonchev–Trinajstić information content (AvgIpc) is 2.71. The first-order chi connectivity index (χ1) is 9.08. The van der Waals surface area contributed by atoms with Crippen molar-refractivity contribution in [3.05, 3.63) is 52.8 Å². The van der Waals surface area contributed by atoms with E-state index in [9.17, 15) is 0 Å². The number of nitrogens with one attached hydrogen (secondary N) is 1. The fourth-order valence-corrected chi connectivity index (χ4v) is 2.08. The Morgan fingerprint density at radius 2 is 1.89 bits per heavy atom. The molecule has 0 atom stereocenters. The molecule has 2 aromatic rings. The van der Waals surface area contributed by atoms with E-state index in [0.29, 0.717) is 6.04 Å². The van der Waals surface area contributed by atoms with Crippen LogP contribution in [0.15, 0.2) is 30.5 Å². The van der Waals surface area contributed by atoms with Gasteiger partial charge in [-0.3, -0.25) is 4.68 Å². The minimum absolute atomic E-state index is 0.499. The molecular weight excluding hydrogens is 234 g/mol. The fraction of sp³-hybridized carbons (Fsp3) is 0.438. The molecule has 0 radical (unpaired) electrons. The average molecular weight is 257 g/mol. The third kappa shape index (κ3) is 3.44. The highest BCUT2D eigenvalue weighted by atomic mass is 15.3. The monoisotopic (exact) mass is 257 g/mol. The van der Waals surface area contributed by atoms with Crippen LogP contribution in [0.2, 0.25) is 0 Å². The lowest BCUT2D eigenvalue weighted by Crippen LogP contribution is -2.22. The number of rotatable bonds is 5. The number of nitrogens with zero attached hydrogens (tertiary/aromatic N) is 2. The molecule has 3 nitrogen and oxygen atoms in total. The van der Waals surface area contributed by atoms with Gasteiger partial charge in [-0.1, -0.05) is 38.1 Å². The first-order valence-corrected chi connectivity index (χ1v) is 6.87. The van der Waals surface area contributed by atoms with Gasteiger partial charge in [0, 0.05) is 23.8 Å². The molecular formula is C16H23N3. The maximum Gasteiger partial charge on any atom is 0.0665 e. The van der Waals surface area contributed by atoms with Gasteiger partial charge in [0.1, 0.15) is 0 Å². The second-order valence-corrected chi connectivity index (χ2v) is 5.37. The van der Waals surface area contributed by atoms with Crippen molar-refractivity contribution in [2.75, 3.05) is 0 Å². The van der Waals surface area contributed by atoms with Crippen LogP contribution in [0.5, 0.6) is 0 Å². The largest absolute Gasteiger partial charge is 0.310 e. The maximum atomic E-state index is 4.51. The van der Waals surface area contributed by atoms with Crippen molar-refractivity contribution in [1.82, 2.24) is 15.1 Å². The van der Waals surface area contributed by atoms with Crippen molar-refractivity contribution < 1.29 is 0 Å². The molecule has 0 unspecified atom stereocenters. The van der Waals surface area contributed by atoms with Crippen LogP contribution >= 0.6 is 0 Å². The van der Waals surface area contributed by atoms with Gasteiger partial charge in [0.05, 0.1) is 12.7 Å². The zero-order valence-electron chi connectivity index (χ0n) is 12.3. The van der Waals surface area contributed by atoms with E-state index >= 15 is 0 Å². The Kier molecular flexibility index (Phi) is 4.38. The lowest BCUT2D eigenvalue weighted by Gasteiger charge is -2.10. The lowest BCUT2D eigenvalue weighted by molar-refractivity contribution is 0.585. The number of hydrogen-bond donors (Lipinski definition) is 1. The van der Waals surface area contributed by atoms with Crippen LogP contribution < -0.4 is 5.32 Å². The van der Waals surface area contributed by atoms with Gasteiger partial charge >= 0.3 is 0 Å². The quantitative estimate of drug-likeness (QED) is 0.892. The normalized spacial score (nSPS) is 11.2. The Morgan fingerprint density at radius 3 is 2.58 bits per heavy atom. The number of hydrogen-bond acceptors (Lipinski definition) is 2. The molecule has 0 aliphatic heterocycles.